The van der Waals surface area contributed by atoms with E-state index in [0.717, 1.165) is 0 Å². The highest BCUT2D eigenvalue weighted by Gasteiger charge is 2.43. The molecule has 1 saturated heterocycles. The SMILES string of the molecule is OCCCC(O)C[C@H]1O[C@H](CO)[C@@H](O)[C@H](O)[C@H]1O. The van der Waals surface area contributed by atoms with Crippen molar-refractivity contribution in [3.05, 3.63) is 0 Å². The molecule has 0 aromatic carbocycles. The maximum absolute atomic E-state index is 9.72. The van der Waals surface area contributed by atoms with Gasteiger partial charge in [-0.15, -0.1) is 0 Å². The fraction of sp³-hybridized carbons (Fsp3) is 1.00. The minimum absolute atomic E-state index is 0.0360. The summed E-state index contributed by atoms with van der Waals surface area (Å²) < 4.78 is 5.25. The molecular weight excluding hydrogens is 244 g/mol. The minimum Gasteiger partial charge on any atom is -0.396 e. The van der Waals surface area contributed by atoms with Crippen molar-refractivity contribution in [2.45, 2.75) is 55.9 Å². The summed E-state index contributed by atoms with van der Waals surface area (Å²) in [6, 6.07) is 0. The van der Waals surface area contributed by atoms with Crippen molar-refractivity contribution < 1.29 is 35.4 Å². The number of aliphatic hydroxyl groups excluding tert-OH is 6. The zero-order valence-electron chi connectivity index (χ0n) is 10.1. The summed E-state index contributed by atoms with van der Waals surface area (Å²) in [5, 5.41) is 56.1. The van der Waals surface area contributed by atoms with Crippen LogP contribution in [0.15, 0.2) is 0 Å². The van der Waals surface area contributed by atoms with Crippen molar-refractivity contribution in [3.63, 3.8) is 0 Å². The second kappa shape index (κ2) is 7.34. The van der Waals surface area contributed by atoms with Gasteiger partial charge in [0.25, 0.3) is 0 Å². The Labute approximate surface area is 105 Å². The first kappa shape index (κ1) is 15.8. The van der Waals surface area contributed by atoms with E-state index < -0.39 is 43.2 Å². The maximum Gasteiger partial charge on any atom is 0.111 e. The molecule has 0 radical (unpaired) electrons. The Balaban J connectivity index is 2.53. The average Bonchev–Trinajstić information content (AvgIpc) is 2.37. The zero-order chi connectivity index (χ0) is 13.7. The van der Waals surface area contributed by atoms with Crippen molar-refractivity contribution in [2.24, 2.45) is 0 Å². The lowest BCUT2D eigenvalue weighted by atomic mass is 9.91. The van der Waals surface area contributed by atoms with E-state index >= 15 is 0 Å². The highest BCUT2D eigenvalue weighted by molar-refractivity contribution is 4.92. The maximum atomic E-state index is 9.72. The number of hydrogen-bond donors (Lipinski definition) is 6. The molecule has 108 valence electrons. The molecule has 0 aromatic heterocycles. The third kappa shape index (κ3) is 3.86. The van der Waals surface area contributed by atoms with E-state index in [1.165, 1.54) is 0 Å². The smallest absolute Gasteiger partial charge is 0.111 e. The summed E-state index contributed by atoms with van der Waals surface area (Å²) in [7, 11) is 0. The van der Waals surface area contributed by atoms with Crippen molar-refractivity contribution in [1.82, 2.24) is 0 Å². The van der Waals surface area contributed by atoms with Gasteiger partial charge in [0.2, 0.25) is 0 Å². The summed E-state index contributed by atoms with van der Waals surface area (Å²) in [4.78, 5) is 0. The molecule has 0 spiro atoms. The molecule has 0 bridgehead atoms. The van der Waals surface area contributed by atoms with Crippen LogP contribution in [-0.4, -0.2) is 80.5 Å². The van der Waals surface area contributed by atoms with Crippen LogP contribution in [0.3, 0.4) is 0 Å². The molecule has 7 heteroatoms. The molecule has 18 heavy (non-hydrogen) atoms. The Morgan fingerprint density at radius 2 is 1.56 bits per heavy atom. The fourth-order valence-electron chi connectivity index (χ4n) is 2.09. The van der Waals surface area contributed by atoms with Crippen LogP contribution < -0.4 is 0 Å². The molecule has 0 amide bonds. The molecule has 1 rings (SSSR count). The molecule has 7 nitrogen and oxygen atoms in total. The lowest BCUT2D eigenvalue weighted by Crippen LogP contribution is -2.59. The van der Waals surface area contributed by atoms with Gasteiger partial charge in [-0.25, -0.2) is 0 Å². The molecule has 6 N–H and O–H groups in total. The standard InChI is InChI=1S/C11H22O7/c12-3-1-2-6(14)4-7-9(15)11(17)10(16)8(5-13)18-7/h6-17H,1-5H2/t6?,7-,8-,9+,10-,11-/m1/s1. The largest absolute Gasteiger partial charge is 0.396 e. The van der Waals surface area contributed by atoms with E-state index in [0.29, 0.717) is 12.8 Å². The van der Waals surface area contributed by atoms with Gasteiger partial charge >= 0.3 is 0 Å². The second-order valence-corrected chi connectivity index (χ2v) is 4.62. The molecule has 6 atom stereocenters. The van der Waals surface area contributed by atoms with E-state index in [2.05, 4.69) is 0 Å². The third-order valence-corrected chi connectivity index (χ3v) is 3.19. The summed E-state index contributed by atoms with van der Waals surface area (Å²) in [6.07, 6.45) is -5.83. The Kier molecular flexibility index (Phi) is 6.44. The first-order chi connectivity index (χ1) is 8.51. The summed E-state index contributed by atoms with van der Waals surface area (Å²) in [5.41, 5.74) is 0. The zero-order valence-corrected chi connectivity index (χ0v) is 10.1. The van der Waals surface area contributed by atoms with Crippen LogP contribution >= 0.6 is 0 Å². The minimum atomic E-state index is -1.41. The topological polar surface area (TPSA) is 131 Å². The van der Waals surface area contributed by atoms with Crippen molar-refractivity contribution in [2.75, 3.05) is 13.2 Å². The van der Waals surface area contributed by atoms with Crippen LogP contribution in [0, 0.1) is 0 Å². The molecule has 1 aliphatic rings. The molecule has 0 aromatic rings. The number of aliphatic hydroxyl groups is 6. The summed E-state index contributed by atoms with van der Waals surface area (Å²) in [6.45, 7) is -0.514. The molecule has 1 fully saturated rings. The van der Waals surface area contributed by atoms with Gasteiger partial charge in [-0.05, 0) is 12.8 Å². The van der Waals surface area contributed by atoms with E-state index in [9.17, 15) is 20.4 Å². The Morgan fingerprint density at radius 1 is 0.944 bits per heavy atom. The van der Waals surface area contributed by atoms with Gasteiger partial charge in [0.15, 0.2) is 0 Å². The normalized spacial score (nSPS) is 38.7. The van der Waals surface area contributed by atoms with E-state index in [1.807, 2.05) is 0 Å². The van der Waals surface area contributed by atoms with Crippen molar-refractivity contribution in [3.8, 4) is 0 Å². The summed E-state index contributed by atoms with van der Waals surface area (Å²) in [5.74, 6) is 0. The fourth-order valence-corrected chi connectivity index (χ4v) is 2.09. The van der Waals surface area contributed by atoms with Gasteiger partial charge in [0.1, 0.15) is 24.4 Å². The first-order valence-electron chi connectivity index (χ1n) is 6.10. The van der Waals surface area contributed by atoms with Crippen LogP contribution in [0.1, 0.15) is 19.3 Å². The number of ether oxygens (including phenoxy) is 1. The Bertz CT molecular complexity index is 235. The van der Waals surface area contributed by atoms with Crippen LogP contribution in [0.4, 0.5) is 0 Å². The molecule has 0 aliphatic carbocycles. The lowest BCUT2D eigenvalue weighted by Gasteiger charge is -2.40. The number of rotatable bonds is 6. The molecule has 1 aliphatic heterocycles. The highest BCUT2D eigenvalue weighted by Crippen LogP contribution is 2.24. The van der Waals surface area contributed by atoms with E-state index in [1.54, 1.807) is 0 Å². The molecule has 1 unspecified atom stereocenters. The second-order valence-electron chi connectivity index (χ2n) is 4.62. The van der Waals surface area contributed by atoms with Crippen molar-refractivity contribution >= 4 is 0 Å². The van der Waals surface area contributed by atoms with Gasteiger partial charge in [0, 0.05) is 13.0 Å². The van der Waals surface area contributed by atoms with Crippen LogP contribution in [0.5, 0.6) is 0 Å². The van der Waals surface area contributed by atoms with E-state index in [-0.39, 0.29) is 13.0 Å². The van der Waals surface area contributed by atoms with Gasteiger partial charge in [-0.1, -0.05) is 0 Å². The van der Waals surface area contributed by atoms with Gasteiger partial charge in [-0.2, -0.15) is 0 Å². The average molecular weight is 266 g/mol. The van der Waals surface area contributed by atoms with Gasteiger partial charge in [-0.3, -0.25) is 0 Å². The predicted molar refractivity (Wildman–Crippen MR) is 60.7 cm³/mol. The molecule has 0 saturated carbocycles. The van der Waals surface area contributed by atoms with Crippen molar-refractivity contribution in [1.29, 1.82) is 0 Å². The van der Waals surface area contributed by atoms with Gasteiger partial charge in [0.05, 0.1) is 18.8 Å². The predicted octanol–water partition coefficient (Wildman–Crippen LogP) is -2.65. The van der Waals surface area contributed by atoms with Gasteiger partial charge < -0.3 is 35.4 Å². The highest BCUT2D eigenvalue weighted by atomic mass is 16.5. The Hall–Kier alpha value is -0.280. The van der Waals surface area contributed by atoms with Crippen LogP contribution in [-0.2, 0) is 4.74 Å². The summed E-state index contributed by atoms with van der Waals surface area (Å²) >= 11 is 0. The van der Waals surface area contributed by atoms with E-state index in [4.69, 9.17) is 14.9 Å². The van der Waals surface area contributed by atoms with Crippen LogP contribution in [0.25, 0.3) is 0 Å². The van der Waals surface area contributed by atoms with Crippen LogP contribution in [0.2, 0.25) is 0 Å². The molecule has 1 heterocycles. The Morgan fingerprint density at radius 3 is 2.11 bits per heavy atom. The lowest BCUT2D eigenvalue weighted by molar-refractivity contribution is -0.234. The molecular formula is C11H22O7. The third-order valence-electron chi connectivity index (χ3n) is 3.19. The quantitative estimate of drug-likeness (QED) is 0.309. The first-order valence-corrected chi connectivity index (χ1v) is 6.10. The monoisotopic (exact) mass is 266 g/mol. The number of hydrogen-bond acceptors (Lipinski definition) is 7.